The second-order valence-corrected chi connectivity index (χ2v) is 5.51. The van der Waals surface area contributed by atoms with Crippen LogP contribution >= 0.6 is 0 Å². The molecule has 0 spiro atoms. The number of carboxylic acid groups (broad SMARTS) is 2. The number of carbonyl (C=O) groups excluding carboxylic acids is 3. The fourth-order valence-electron chi connectivity index (χ4n) is 1.42. The SMILES string of the molecule is N=C([O-])C(CC(N)=O)(CC(C(=O)[O-])C(=O)[O-])S(=O)(=O)[O-].[Na+].[Na+].[Na+].[Na+]. The van der Waals surface area contributed by atoms with E-state index in [1.165, 1.54) is 0 Å². The Kier molecular flexibility index (Phi) is 22.6. The summed E-state index contributed by atoms with van der Waals surface area (Å²) in [6.45, 7) is 0. The van der Waals surface area contributed by atoms with E-state index in [0.29, 0.717) is 0 Å². The fraction of sp³-hybridized carbons (Fsp3) is 0.500. The summed E-state index contributed by atoms with van der Waals surface area (Å²) in [5.74, 6) is -11.0. The maximum Gasteiger partial charge on any atom is 1.00 e. The molecule has 0 aliphatic heterocycles. The van der Waals surface area contributed by atoms with Gasteiger partial charge >= 0.3 is 118 Å². The maximum absolute atomic E-state index is 11.1. The molecule has 0 saturated carbocycles. The molecule has 0 heterocycles. The average Bonchev–Trinajstić information content (AvgIpc) is 2.19. The van der Waals surface area contributed by atoms with E-state index in [9.17, 15) is 42.7 Å². The van der Waals surface area contributed by atoms with Gasteiger partial charge in [0.15, 0.2) is 0 Å². The van der Waals surface area contributed by atoms with Gasteiger partial charge in [-0.25, -0.2) is 8.42 Å². The minimum Gasteiger partial charge on any atom is -0.861 e. The van der Waals surface area contributed by atoms with E-state index in [4.69, 9.17) is 5.41 Å². The Morgan fingerprint density at radius 2 is 1.33 bits per heavy atom. The Morgan fingerprint density at radius 3 is 1.50 bits per heavy atom. The van der Waals surface area contributed by atoms with Gasteiger partial charge in [0.2, 0.25) is 5.91 Å². The van der Waals surface area contributed by atoms with Crippen LogP contribution in [0.2, 0.25) is 0 Å². The molecule has 1 amide bonds. The third kappa shape index (κ3) is 10.2. The summed E-state index contributed by atoms with van der Waals surface area (Å²) in [4.78, 5) is 31.8. The van der Waals surface area contributed by atoms with Gasteiger partial charge in [-0.1, -0.05) is 0 Å². The zero-order valence-electron chi connectivity index (χ0n) is 13.7. The summed E-state index contributed by atoms with van der Waals surface area (Å²) < 4.78 is 29.8. The summed E-state index contributed by atoms with van der Waals surface area (Å²) in [5, 5.41) is 38.9. The first-order chi connectivity index (χ1) is 8.85. The van der Waals surface area contributed by atoms with E-state index >= 15 is 0 Å². The van der Waals surface area contributed by atoms with Gasteiger partial charge in [0.25, 0.3) is 0 Å². The Morgan fingerprint density at radius 1 is 1.00 bits per heavy atom. The van der Waals surface area contributed by atoms with Crippen molar-refractivity contribution in [1.82, 2.24) is 0 Å². The monoisotopic (exact) mass is 400 g/mol. The van der Waals surface area contributed by atoms with Crippen LogP contribution in [0, 0.1) is 11.3 Å². The molecular formula is C8H8N2Na4O9S. The van der Waals surface area contributed by atoms with Crippen LogP contribution in [-0.4, -0.2) is 41.5 Å². The first kappa shape index (κ1) is 36.7. The molecule has 0 saturated heterocycles. The molecule has 3 N–H and O–H groups in total. The summed E-state index contributed by atoms with van der Waals surface area (Å²) in [5.41, 5.74) is 4.64. The van der Waals surface area contributed by atoms with E-state index in [-0.39, 0.29) is 118 Å². The van der Waals surface area contributed by atoms with Crippen LogP contribution in [0.25, 0.3) is 0 Å². The van der Waals surface area contributed by atoms with Gasteiger partial charge in [-0.05, 0) is 12.3 Å². The molecular weight excluding hydrogens is 392 g/mol. The minimum absolute atomic E-state index is 0. The molecule has 1 atom stereocenters. The third-order valence-corrected chi connectivity index (χ3v) is 3.91. The molecule has 0 rings (SSSR count). The number of amides is 1. The number of carbonyl (C=O) groups is 3. The quantitative estimate of drug-likeness (QED) is 0.129. The number of primary amides is 1. The molecule has 0 aliphatic carbocycles. The molecule has 114 valence electrons. The standard InChI is InChI=1S/C8H12N2O9S.4Na/c9-4(11)2-8(7(10)16,20(17,18)19)1-3(5(12)13)6(14)15;;;;/h3H,1-2H2,(H2,9,11)(H2,10,16)(H,12,13)(H,14,15)(H,17,18,19);;;;/q;4*+1/p-4. The largest absolute Gasteiger partial charge is 1.00 e. The molecule has 0 aromatic carbocycles. The van der Waals surface area contributed by atoms with Crippen LogP contribution in [0.5, 0.6) is 0 Å². The van der Waals surface area contributed by atoms with E-state index in [1.54, 1.807) is 0 Å². The summed E-state index contributed by atoms with van der Waals surface area (Å²) in [7, 11) is -5.75. The molecule has 0 aromatic rings. The average molecular weight is 400 g/mol. The Labute approximate surface area is 225 Å². The summed E-state index contributed by atoms with van der Waals surface area (Å²) in [6, 6.07) is 0. The number of hydrogen-bond acceptors (Lipinski definition) is 10. The van der Waals surface area contributed by atoms with Gasteiger partial charge in [0, 0.05) is 12.3 Å². The van der Waals surface area contributed by atoms with Crippen molar-refractivity contribution < 1.29 is 161 Å². The topological polar surface area (TPSA) is 227 Å². The van der Waals surface area contributed by atoms with Crippen molar-refractivity contribution in [1.29, 1.82) is 5.41 Å². The van der Waals surface area contributed by atoms with Crippen LogP contribution in [0.3, 0.4) is 0 Å². The predicted octanol–water partition coefficient (Wildman–Crippen LogP) is -18.0. The number of rotatable bonds is 8. The molecule has 0 aliphatic rings. The normalized spacial score (nSPS) is 12.1. The fourth-order valence-corrected chi connectivity index (χ4v) is 2.34. The second kappa shape index (κ2) is 14.8. The maximum atomic E-state index is 11.1. The zero-order chi connectivity index (χ0) is 16.3. The van der Waals surface area contributed by atoms with Crippen molar-refractivity contribution in [3.63, 3.8) is 0 Å². The van der Waals surface area contributed by atoms with Crippen molar-refractivity contribution in [2.45, 2.75) is 17.6 Å². The van der Waals surface area contributed by atoms with Crippen LogP contribution in [0.15, 0.2) is 0 Å². The summed E-state index contributed by atoms with van der Waals surface area (Å²) in [6.07, 6.45) is -3.22. The van der Waals surface area contributed by atoms with Gasteiger partial charge in [0.1, 0.15) is 10.1 Å². The molecule has 0 aromatic heterocycles. The number of carboxylic acids is 2. The zero-order valence-corrected chi connectivity index (χ0v) is 22.5. The molecule has 0 bridgehead atoms. The van der Waals surface area contributed by atoms with Gasteiger partial charge in [-0.15, -0.1) is 0 Å². The molecule has 0 fully saturated rings. The van der Waals surface area contributed by atoms with Gasteiger partial charge in [-0.2, -0.15) is 0 Å². The number of nitrogens with two attached hydrogens (primary N) is 1. The van der Waals surface area contributed by atoms with Crippen LogP contribution in [-0.2, 0) is 24.5 Å². The smallest absolute Gasteiger partial charge is 0.861 e. The van der Waals surface area contributed by atoms with Crippen molar-refractivity contribution >= 4 is 33.9 Å². The van der Waals surface area contributed by atoms with E-state index in [1.807, 2.05) is 0 Å². The van der Waals surface area contributed by atoms with Gasteiger partial charge in [0.05, 0.1) is 16.7 Å². The Bertz CT molecular complexity index is 556. The second-order valence-electron chi connectivity index (χ2n) is 3.82. The van der Waals surface area contributed by atoms with Crippen molar-refractivity contribution in [3.8, 4) is 0 Å². The van der Waals surface area contributed by atoms with E-state index < -0.39 is 57.4 Å². The van der Waals surface area contributed by atoms with Gasteiger partial charge < -0.3 is 40.6 Å². The molecule has 11 nitrogen and oxygen atoms in total. The number of hydrogen-bond donors (Lipinski definition) is 2. The third-order valence-electron chi connectivity index (χ3n) is 2.46. The van der Waals surface area contributed by atoms with E-state index in [0.717, 1.165) is 0 Å². The number of nitrogens with one attached hydrogen (secondary N) is 1. The molecule has 0 radical (unpaired) electrons. The van der Waals surface area contributed by atoms with Crippen LogP contribution in [0.4, 0.5) is 0 Å². The molecule has 24 heavy (non-hydrogen) atoms. The Hall–Kier alpha value is 1.79. The van der Waals surface area contributed by atoms with E-state index in [2.05, 4.69) is 5.73 Å². The van der Waals surface area contributed by atoms with Crippen molar-refractivity contribution in [2.24, 2.45) is 11.7 Å². The van der Waals surface area contributed by atoms with Gasteiger partial charge in [-0.3, -0.25) is 4.79 Å². The van der Waals surface area contributed by atoms with Crippen LogP contribution < -0.4 is 139 Å². The van der Waals surface area contributed by atoms with Crippen LogP contribution in [0.1, 0.15) is 12.8 Å². The Balaban J connectivity index is -0.000000301. The predicted molar refractivity (Wildman–Crippen MR) is 52.1 cm³/mol. The minimum atomic E-state index is -5.75. The first-order valence-corrected chi connectivity index (χ1v) is 6.17. The number of aliphatic carboxylic acids is 2. The van der Waals surface area contributed by atoms with Crippen molar-refractivity contribution in [3.05, 3.63) is 0 Å². The summed E-state index contributed by atoms with van der Waals surface area (Å²) >= 11 is 0. The molecule has 16 heteroatoms. The van der Waals surface area contributed by atoms with Crippen molar-refractivity contribution in [2.75, 3.05) is 0 Å². The first-order valence-electron chi connectivity index (χ1n) is 4.76. The molecule has 1 unspecified atom stereocenters.